The van der Waals surface area contributed by atoms with E-state index >= 15 is 0 Å². The number of hydrogen-bond acceptors (Lipinski definition) is 4. The van der Waals surface area contributed by atoms with E-state index in [0.29, 0.717) is 19.1 Å². The van der Waals surface area contributed by atoms with Crippen LogP contribution in [0.3, 0.4) is 0 Å². The second-order valence-electron chi connectivity index (χ2n) is 5.16. The Balaban J connectivity index is 1.98. The number of hydrogen-bond donors (Lipinski definition) is 2. The summed E-state index contributed by atoms with van der Waals surface area (Å²) in [4.78, 5) is 23.0. The molecule has 1 aromatic rings. The van der Waals surface area contributed by atoms with E-state index in [1.807, 2.05) is 0 Å². The molecule has 2 amide bonds. The molecule has 0 saturated carbocycles. The molecule has 0 saturated heterocycles. The lowest BCUT2D eigenvalue weighted by molar-refractivity contribution is -0.121. The van der Waals surface area contributed by atoms with Crippen LogP contribution >= 0.6 is 0 Å². The molecular weight excluding hydrogens is 272 g/mol. The van der Waals surface area contributed by atoms with Gasteiger partial charge in [-0.2, -0.15) is 0 Å². The quantitative estimate of drug-likeness (QED) is 0.642. The van der Waals surface area contributed by atoms with E-state index in [4.69, 9.17) is 9.15 Å². The number of carbonyl (C=O) groups is 2. The third kappa shape index (κ3) is 8.14. The lowest BCUT2D eigenvalue weighted by Gasteiger charge is -2.08. The molecule has 0 bridgehead atoms. The SMILES string of the molecule is CC(C)COCCCNC(=O)CCNC(=O)c1ccco1. The fourth-order valence-electron chi connectivity index (χ4n) is 1.59. The zero-order chi connectivity index (χ0) is 15.5. The first-order chi connectivity index (χ1) is 10.1. The molecule has 0 aromatic carbocycles. The van der Waals surface area contributed by atoms with Crippen molar-refractivity contribution >= 4 is 11.8 Å². The van der Waals surface area contributed by atoms with Crippen molar-refractivity contribution in [3.05, 3.63) is 24.2 Å². The van der Waals surface area contributed by atoms with Gasteiger partial charge >= 0.3 is 0 Å². The van der Waals surface area contributed by atoms with E-state index in [9.17, 15) is 9.59 Å². The van der Waals surface area contributed by atoms with E-state index in [1.165, 1.54) is 6.26 Å². The van der Waals surface area contributed by atoms with Gasteiger partial charge in [0.1, 0.15) is 0 Å². The molecule has 0 fully saturated rings. The predicted molar refractivity (Wildman–Crippen MR) is 78.9 cm³/mol. The number of carbonyl (C=O) groups excluding carboxylic acids is 2. The van der Waals surface area contributed by atoms with Crippen molar-refractivity contribution < 1.29 is 18.7 Å². The van der Waals surface area contributed by atoms with Gasteiger partial charge in [0.2, 0.25) is 5.91 Å². The molecule has 0 aliphatic carbocycles. The van der Waals surface area contributed by atoms with Gasteiger partial charge in [0.25, 0.3) is 5.91 Å². The zero-order valence-electron chi connectivity index (χ0n) is 12.7. The highest BCUT2D eigenvalue weighted by atomic mass is 16.5. The molecule has 1 heterocycles. The summed E-state index contributed by atoms with van der Waals surface area (Å²) < 4.78 is 10.4. The standard InChI is InChI=1S/C15H24N2O4/c1-12(2)11-20-9-4-7-16-14(18)6-8-17-15(19)13-5-3-10-21-13/h3,5,10,12H,4,6-9,11H2,1-2H3,(H,16,18)(H,17,19). The summed E-state index contributed by atoms with van der Waals surface area (Å²) in [5, 5.41) is 5.41. The van der Waals surface area contributed by atoms with Crippen molar-refractivity contribution in [2.45, 2.75) is 26.7 Å². The van der Waals surface area contributed by atoms with Gasteiger partial charge in [-0.3, -0.25) is 9.59 Å². The maximum absolute atomic E-state index is 11.5. The summed E-state index contributed by atoms with van der Waals surface area (Å²) in [5.74, 6) is 0.378. The summed E-state index contributed by atoms with van der Waals surface area (Å²) in [5.41, 5.74) is 0. The molecule has 21 heavy (non-hydrogen) atoms. The molecular formula is C15H24N2O4. The monoisotopic (exact) mass is 296 g/mol. The summed E-state index contributed by atoms with van der Waals surface area (Å²) in [6.07, 6.45) is 2.47. The molecule has 0 spiro atoms. The van der Waals surface area contributed by atoms with Crippen LogP contribution < -0.4 is 10.6 Å². The highest BCUT2D eigenvalue weighted by Gasteiger charge is 2.08. The van der Waals surface area contributed by atoms with Crippen LogP contribution in [-0.2, 0) is 9.53 Å². The van der Waals surface area contributed by atoms with Gasteiger partial charge in [0.15, 0.2) is 5.76 Å². The second kappa shape index (κ2) is 9.99. The van der Waals surface area contributed by atoms with Crippen LogP contribution in [0.4, 0.5) is 0 Å². The Morgan fingerprint density at radius 3 is 2.76 bits per heavy atom. The van der Waals surface area contributed by atoms with Crippen molar-refractivity contribution in [1.82, 2.24) is 10.6 Å². The number of nitrogens with one attached hydrogen (secondary N) is 2. The molecule has 0 radical (unpaired) electrons. The minimum Gasteiger partial charge on any atom is -0.459 e. The van der Waals surface area contributed by atoms with Gasteiger partial charge in [-0.1, -0.05) is 13.8 Å². The zero-order valence-corrected chi connectivity index (χ0v) is 12.7. The van der Waals surface area contributed by atoms with E-state index < -0.39 is 0 Å². The maximum atomic E-state index is 11.5. The molecule has 1 aromatic heterocycles. The van der Waals surface area contributed by atoms with Crippen LogP contribution in [0.15, 0.2) is 22.8 Å². The molecule has 2 N–H and O–H groups in total. The van der Waals surface area contributed by atoms with E-state index in [0.717, 1.165) is 13.0 Å². The van der Waals surface area contributed by atoms with Gasteiger partial charge in [0, 0.05) is 32.7 Å². The van der Waals surface area contributed by atoms with Crippen LogP contribution in [0, 0.1) is 5.92 Å². The summed E-state index contributed by atoms with van der Waals surface area (Å²) in [6, 6.07) is 3.22. The third-order valence-electron chi connectivity index (χ3n) is 2.62. The highest BCUT2D eigenvalue weighted by molar-refractivity contribution is 5.91. The number of amides is 2. The molecule has 0 atom stereocenters. The fourth-order valence-corrected chi connectivity index (χ4v) is 1.59. The van der Waals surface area contributed by atoms with E-state index in [2.05, 4.69) is 24.5 Å². The van der Waals surface area contributed by atoms with Crippen LogP contribution in [0.25, 0.3) is 0 Å². The first-order valence-corrected chi connectivity index (χ1v) is 7.25. The van der Waals surface area contributed by atoms with Gasteiger partial charge in [-0.25, -0.2) is 0 Å². The van der Waals surface area contributed by atoms with Crippen molar-refractivity contribution in [1.29, 1.82) is 0 Å². The Bertz CT molecular complexity index is 415. The predicted octanol–water partition coefficient (Wildman–Crippen LogP) is 1.58. The summed E-state index contributed by atoms with van der Waals surface area (Å²) in [6.45, 7) is 6.45. The topological polar surface area (TPSA) is 80.6 Å². The van der Waals surface area contributed by atoms with E-state index in [-0.39, 0.29) is 30.5 Å². The van der Waals surface area contributed by atoms with Crippen molar-refractivity contribution in [3.63, 3.8) is 0 Å². The van der Waals surface area contributed by atoms with Crippen LogP contribution in [0.5, 0.6) is 0 Å². The first kappa shape index (κ1) is 17.2. The van der Waals surface area contributed by atoms with Crippen molar-refractivity contribution in [2.24, 2.45) is 5.92 Å². The van der Waals surface area contributed by atoms with Crippen molar-refractivity contribution in [3.8, 4) is 0 Å². The molecule has 1 rings (SSSR count). The summed E-state index contributed by atoms with van der Waals surface area (Å²) in [7, 11) is 0. The Labute approximate surface area is 125 Å². The summed E-state index contributed by atoms with van der Waals surface area (Å²) >= 11 is 0. The second-order valence-corrected chi connectivity index (χ2v) is 5.16. The maximum Gasteiger partial charge on any atom is 0.286 e. The molecule has 6 nitrogen and oxygen atoms in total. The molecule has 0 unspecified atom stereocenters. The largest absolute Gasteiger partial charge is 0.459 e. The van der Waals surface area contributed by atoms with Crippen LogP contribution in [0.1, 0.15) is 37.2 Å². The lowest BCUT2D eigenvalue weighted by atomic mass is 10.2. The van der Waals surface area contributed by atoms with Gasteiger partial charge in [-0.05, 0) is 24.5 Å². The molecule has 6 heteroatoms. The highest BCUT2D eigenvalue weighted by Crippen LogP contribution is 1.98. The number of rotatable bonds is 10. The molecule has 118 valence electrons. The lowest BCUT2D eigenvalue weighted by Crippen LogP contribution is -2.31. The van der Waals surface area contributed by atoms with E-state index in [1.54, 1.807) is 12.1 Å². The van der Waals surface area contributed by atoms with Gasteiger partial charge < -0.3 is 19.8 Å². The van der Waals surface area contributed by atoms with Crippen LogP contribution in [0.2, 0.25) is 0 Å². The Morgan fingerprint density at radius 1 is 1.29 bits per heavy atom. The van der Waals surface area contributed by atoms with Gasteiger partial charge in [0.05, 0.1) is 6.26 Å². The average Bonchev–Trinajstić information content (AvgIpc) is 2.96. The number of furan rings is 1. The number of ether oxygens (including phenoxy) is 1. The normalized spacial score (nSPS) is 10.6. The molecule has 0 aliphatic heterocycles. The fraction of sp³-hybridized carbons (Fsp3) is 0.600. The Kier molecular flexibility index (Phi) is 8.19. The minimum atomic E-state index is -0.310. The smallest absolute Gasteiger partial charge is 0.286 e. The molecule has 0 aliphatic rings. The third-order valence-corrected chi connectivity index (χ3v) is 2.62. The average molecular weight is 296 g/mol. The first-order valence-electron chi connectivity index (χ1n) is 7.25. The minimum absolute atomic E-state index is 0.0846. The van der Waals surface area contributed by atoms with Crippen LogP contribution in [-0.4, -0.2) is 38.1 Å². The van der Waals surface area contributed by atoms with Gasteiger partial charge in [-0.15, -0.1) is 0 Å². The van der Waals surface area contributed by atoms with Crippen molar-refractivity contribution in [2.75, 3.05) is 26.3 Å². The Hall–Kier alpha value is -1.82. The Morgan fingerprint density at radius 2 is 2.10 bits per heavy atom.